The quantitative estimate of drug-likeness (QED) is 0.142. The van der Waals surface area contributed by atoms with E-state index in [1.807, 2.05) is 45.9 Å². The zero-order chi connectivity index (χ0) is 33.4. The number of nitrogens with two attached hydrogens (primary N) is 1. The third kappa shape index (κ3) is 5.63. The van der Waals surface area contributed by atoms with Crippen molar-refractivity contribution in [3.8, 4) is 0 Å². The summed E-state index contributed by atoms with van der Waals surface area (Å²) in [5, 5.41) is 21.9. The summed E-state index contributed by atoms with van der Waals surface area (Å²) in [7, 11) is 0. The van der Waals surface area contributed by atoms with E-state index in [0.717, 1.165) is 71.9 Å². The number of aliphatic carboxylic acids is 2. The first-order valence-corrected chi connectivity index (χ1v) is 15.1. The minimum Gasteiger partial charge on any atom is -0.481 e. The molecule has 0 aromatic carbocycles. The summed E-state index contributed by atoms with van der Waals surface area (Å²) < 4.78 is 0. The molecule has 4 aromatic heterocycles. The third-order valence-electron chi connectivity index (χ3n) is 8.98. The van der Waals surface area contributed by atoms with Crippen molar-refractivity contribution in [3.05, 3.63) is 102 Å². The van der Waals surface area contributed by atoms with Gasteiger partial charge < -0.3 is 35.9 Å². The molecule has 0 atom stereocenters. The highest BCUT2D eigenvalue weighted by Crippen LogP contribution is 2.26. The fraction of sp³-hybridized carbons (Fsp3) is 0.250. The Morgan fingerprint density at radius 2 is 1.28 bits per heavy atom. The Labute approximate surface area is 265 Å². The Morgan fingerprint density at radius 1 is 0.696 bits per heavy atom. The maximum Gasteiger partial charge on any atom is 0.303 e. The lowest BCUT2D eigenvalue weighted by Crippen LogP contribution is -2.25. The molecule has 0 amide bonds. The molecule has 0 spiro atoms. The van der Waals surface area contributed by atoms with E-state index in [9.17, 15) is 24.6 Å². The molecule has 0 saturated heterocycles. The van der Waals surface area contributed by atoms with Gasteiger partial charge in [-0.25, -0.2) is 0 Å². The molecule has 1 aliphatic rings. The molecule has 238 valence electrons. The van der Waals surface area contributed by atoms with Crippen molar-refractivity contribution in [1.29, 1.82) is 0 Å². The molecule has 0 saturated carbocycles. The maximum absolute atomic E-state index is 13.6. The predicted octanol–water partition coefficient (Wildman–Crippen LogP) is 2.08. The minimum absolute atomic E-state index is 0.0575. The second kappa shape index (κ2) is 12.6. The number of Topliss-reactive ketones (excluding diaryl/α,β-unsaturated/α-hetero) is 1. The van der Waals surface area contributed by atoms with Crippen molar-refractivity contribution in [1.82, 2.24) is 19.9 Å². The highest BCUT2D eigenvalue weighted by molar-refractivity contribution is 6.21. The second-order valence-electron chi connectivity index (χ2n) is 11.6. The standard InChI is InChI=1S/C36H39N5O5/c1-7-21-20(6)35-34(31(42)16-37)36-22(8-2)17(3)27(40-36)13-25-18(4)23(9-11-32(43)44)29(38-25)15-30-24(10-12-33(45)46)19(5)26(39-30)14-28(21)41-35/h7-8,13-15,38-41H,1-2,9-12,16,37H2,3-6H3,(H,43,44)(H,45,46). The van der Waals surface area contributed by atoms with Gasteiger partial charge in [0.1, 0.15) is 0 Å². The molecule has 4 aromatic rings. The van der Waals surface area contributed by atoms with Gasteiger partial charge in [0, 0.05) is 57.1 Å². The van der Waals surface area contributed by atoms with Gasteiger partial charge in [0.15, 0.2) is 5.78 Å². The van der Waals surface area contributed by atoms with Crippen molar-refractivity contribution in [2.24, 2.45) is 5.73 Å². The molecule has 5 rings (SSSR count). The van der Waals surface area contributed by atoms with E-state index in [1.54, 1.807) is 12.2 Å². The highest BCUT2D eigenvalue weighted by atomic mass is 16.4. The first-order chi connectivity index (χ1) is 21.9. The van der Waals surface area contributed by atoms with Crippen LogP contribution in [0.2, 0.25) is 0 Å². The Balaban J connectivity index is 2.00. The van der Waals surface area contributed by atoms with E-state index in [2.05, 4.69) is 33.1 Å². The fourth-order valence-corrected chi connectivity index (χ4v) is 6.42. The lowest BCUT2D eigenvalue weighted by molar-refractivity contribution is -0.138. The van der Waals surface area contributed by atoms with Crippen molar-refractivity contribution in [3.63, 3.8) is 0 Å². The van der Waals surface area contributed by atoms with Gasteiger partial charge in [-0.1, -0.05) is 25.3 Å². The Kier molecular flexibility index (Phi) is 8.76. The number of ketones is 1. The van der Waals surface area contributed by atoms with Gasteiger partial charge in [0.2, 0.25) is 0 Å². The Bertz CT molecular complexity index is 2200. The summed E-state index contributed by atoms with van der Waals surface area (Å²) in [5.41, 5.74) is 15.9. The van der Waals surface area contributed by atoms with Crippen molar-refractivity contribution < 1.29 is 24.6 Å². The highest BCUT2D eigenvalue weighted by Gasteiger charge is 2.23. The molecule has 1 aliphatic heterocycles. The Hall–Kier alpha value is -5.35. The normalized spacial score (nSPS) is 12.2. The van der Waals surface area contributed by atoms with Gasteiger partial charge in [-0.05, 0) is 92.1 Å². The summed E-state index contributed by atoms with van der Waals surface area (Å²) in [6.45, 7) is 15.6. The number of aromatic nitrogens is 4. The zero-order valence-corrected chi connectivity index (χ0v) is 26.5. The van der Waals surface area contributed by atoms with Crippen LogP contribution in [0.1, 0.15) is 80.1 Å². The van der Waals surface area contributed by atoms with Crippen molar-refractivity contribution in [2.45, 2.75) is 53.4 Å². The molecule has 46 heavy (non-hydrogen) atoms. The van der Waals surface area contributed by atoms with Crippen LogP contribution in [0.25, 0.3) is 36.0 Å². The molecule has 0 radical (unpaired) electrons. The van der Waals surface area contributed by atoms with Crippen molar-refractivity contribution >= 4 is 53.7 Å². The zero-order valence-electron chi connectivity index (χ0n) is 26.5. The monoisotopic (exact) mass is 621 g/mol. The van der Waals surface area contributed by atoms with Crippen LogP contribution in [0.15, 0.2) is 13.2 Å². The average Bonchev–Trinajstić information content (AvgIpc) is 3.68. The van der Waals surface area contributed by atoms with Gasteiger partial charge in [-0.2, -0.15) is 0 Å². The number of carboxylic acid groups (broad SMARTS) is 2. The molecular weight excluding hydrogens is 582 g/mol. The van der Waals surface area contributed by atoms with E-state index in [0.29, 0.717) is 35.2 Å². The van der Waals surface area contributed by atoms with Crippen LogP contribution < -0.4 is 27.1 Å². The molecule has 8 bridgehead atoms. The SMILES string of the molecule is C=Cc1c2[nH]c(c1C)C(C(=O)CN)=c1[nH]c(c(C)c1C=C)=Cc1[nH]c(c(CCC(=O)O)c1C)C=c1[nH]c(c(C)c1CCC(=O)O)=C2. The van der Waals surface area contributed by atoms with Crippen LogP contribution >= 0.6 is 0 Å². The summed E-state index contributed by atoms with van der Waals surface area (Å²) in [4.78, 5) is 50.8. The fourth-order valence-electron chi connectivity index (χ4n) is 6.42. The number of carbonyl (C=O) groups excluding carboxylic acids is 1. The molecule has 0 aliphatic carbocycles. The van der Waals surface area contributed by atoms with E-state index >= 15 is 0 Å². The topological polar surface area (TPSA) is 181 Å². The Morgan fingerprint density at radius 3 is 1.89 bits per heavy atom. The number of carboxylic acids is 2. The van der Waals surface area contributed by atoms with Gasteiger partial charge in [-0.15, -0.1) is 0 Å². The summed E-state index contributed by atoms with van der Waals surface area (Å²) in [6.07, 6.45) is 9.75. The molecule has 10 nitrogen and oxygen atoms in total. The lowest BCUT2D eigenvalue weighted by atomic mass is 9.99. The maximum atomic E-state index is 13.6. The van der Waals surface area contributed by atoms with E-state index in [1.165, 1.54) is 0 Å². The average molecular weight is 622 g/mol. The molecule has 0 fully saturated rings. The lowest BCUT2D eigenvalue weighted by Gasteiger charge is -2.06. The molecule has 5 heterocycles. The van der Waals surface area contributed by atoms with E-state index in [-0.39, 0.29) is 25.2 Å². The smallest absolute Gasteiger partial charge is 0.303 e. The number of aromatic amines is 4. The summed E-state index contributed by atoms with van der Waals surface area (Å²) >= 11 is 0. The van der Waals surface area contributed by atoms with Crippen LogP contribution in [-0.4, -0.2) is 54.4 Å². The first-order valence-electron chi connectivity index (χ1n) is 15.1. The largest absolute Gasteiger partial charge is 0.481 e. The predicted molar refractivity (Wildman–Crippen MR) is 180 cm³/mol. The summed E-state index contributed by atoms with van der Waals surface area (Å²) in [6, 6.07) is 0. The van der Waals surface area contributed by atoms with Gasteiger partial charge in [0.05, 0.1) is 23.2 Å². The number of hydrogen-bond acceptors (Lipinski definition) is 4. The number of H-pyrrole nitrogens is 4. The third-order valence-corrected chi connectivity index (χ3v) is 8.98. The number of rotatable bonds is 10. The minimum atomic E-state index is -0.907. The van der Waals surface area contributed by atoms with E-state index < -0.39 is 11.9 Å². The van der Waals surface area contributed by atoms with Crippen LogP contribution in [0.4, 0.5) is 0 Å². The van der Waals surface area contributed by atoms with Crippen LogP contribution in [-0.2, 0) is 27.2 Å². The van der Waals surface area contributed by atoms with Gasteiger partial charge in [0.25, 0.3) is 0 Å². The second-order valence-corrected chi connectivity index (χ2v) is 11.6. The summed E-state index contributed by atoms with van der Waals surface area (Å²) in [5.74, 6) is -2.07. The van der Waals surface area contributed by atoms with Crippen LogP contribution in [0, 0.1) is 27.7 Å². The number of nitrogens with one attached hydrogen (secondary N) is 4. The molecular formula is C36H39N5O5. The van der Waals surface area contributed by atoms with Gasteiger partial charge in [-0.3, -0.25) is 14.4 Å². The number of carbonyl (C=O) groups is 3. The number of fused-ring (bicyclic) bond motifs is 8. The molecule has 0 unspecified atom stereocenters. The molecule has 8 N–H and O–H groups in total. The van der Waals surface area contributed by atoms with Crippen LogP contribution in [0.5, 0.6) is 0 Å². The van der Waals surface area contributed by atoms with Gasteiger partial charge >= 0.3 is 11.9 Å². The molecule has 10 heteroatoms. The first kappa shape index (κ1) is 32.1. The van der Waals surface area contributed by atoms with E-state index in [4.69, 9.17) is 5.73 Å². The van der Waals surface area contributed by atoms with Crippen molar-refractivity contribution in [2.75, 3.05) is 6.54 Å². The number of hydrogen-bond donors (Lipinski definition) is 7. The van der Waals surface area contributed by atoms with Crippen LogP contribution in [0.3, 0.4) is 0 Å².